The Bertz CT molecular complexity index is 867. The summed E-state index contributed by atoms with van der Waals surface area (Å²) in [6.45, 7) is 3.56. The van der Waals surface area contributed by atoms with Crippen LogP contribution in [0.4, 0.5) is 20.2 Å². The number of halogens is 2. The molecule has 28 heavy (non-hydrogen) atoms. The summed E-state index contributed by atoms with van der Waals surface area (Å²) in [6.07, 6.45) is -0.0274. The molecule has 148 valence electrons. The normalized spacial score (nSPS) is 10.5. The van der Waals surface area contributed by atoms with Crippen LogP contribution < -0.4 is 16.0 Å². The van der Waals surface area contributed by atoms with E-state index < -0.39 is 17.5 Å². The Balaban J connectivity index is 1.79. The molecule has 0 atom stereocenters. The monoisotopic (exact) mass is 389 g/mol. The molecule has 0 aliphatic carbocycles. The van der Waals surface area contributed by atoms with Gasteiger partial charge in [-0.2, -0.15) is 0 Å². The minimum absolute atomic E-state index is 0.00991. The average Bonchev–Trinajstić information content (AvgIpc) is 2.63. The maximum atomic E-state index is 13.5. The van der Waals surface area contributed by atoms with E-state index in [4.69, 9.17) is 0 Å². The van der Waals surface area contributed by atoms with Crippen LogP contribution in [0.15, 0.2) is 42.5 Å². The van der Waals surface area contributed by atoms with Crippen molar-refractivity contribution >= 4 is 29.1 Å². The molecule has 0 radical (unpaired) electrons. The fourth-order valence-electron chi connectivity index (χ4n) is 2.21. The molecular formula is C20H21F2N3O3. The molecule has 2 aromatic rings. The van der Waals surface area contributed by atoms with Crippen molar-refractivity contribution in [1.29, 1.82) is 0 Å². The number of anilines is 2. The molecule has 0 unspecified atom stereocenters. The lowest BCUT2D eigenvalue weighted by atomic mass is 10.2. The number of hydrogen-bond acceptors (Lipinski definition) is 3. The lowest BCUT2D eigenvalue weighted by Gasteiger charge is -2.10. The molecule has 0 bridgehead atoms. The second-order valence-electron chi connectivity index (χ2n) is 6.40. The van der Waals surface area contributed by atoms with E-state index >= 15 is 0 Å². The van der Waals surface area contributed by atoms with Crippen LogP contribution in [0, 0.1) is 17.6 Å². The highest BCUT2D eigenvalue weighted by Crippen LogP contribution is 2.15. The Morgan fingerprint density at radius 1 is 0.929 bits per heavy atom. The van der Waals surface area contributed by atoms with Gasteiger partial charge >= 0.3 is 0 Å². The van der Waals surface area contributed by atoms with Gasteiger partial charge in [-0.1, -0.05) is 13.8 Å². The van der Waals surface area contributed by atoms with Gasteiger partial charge in [0, 0.05) is 36.3 Å². The average molecular weight is 389 g/mol. The van der Waals surface area contributed by atoms with E-state index in [-0.39, 0.29) is 36.3 Å². The molecule has 0 aliphatic heterocycles. The molecular weight excluding hydrogens is 368 g/mol. The van der Waals surface area contributed by atoms with Gasteiger partial charge < -0.3 is 16.0 Å². The fraction of sp³-hybridized carbons (Fsp3) is 0.250. The highest BCUT2D eigenvalue weighted by atomic mass is 19.1. The molecule has 2 aromatic carbocycles. The van der Waals surface area contributed by atoms with E-state index in [1.807, 2.05) is 0 Å². The Kier molecular flexibility index (Phi) is 7.20. The van der Waals surface area contributed by atoms with Gasteiger partial charge in [0.15, 0.2) is 0 Å². The van der Waals surface area contributed by atoms with Crippen LogP contribution >= 0.6 is 0 Å². The Morgan fingerprint density at radius 2 is 1.54 bits per heavy atom. The predicted molar refractivity (Wildman–Crippen MR) is 102 cm³/mol. The summed E-state index contributed by atoms with van der Waals surface area (Å²) in [5.41, 5.74) is 0.856. The van der Waals surface area contributed by atoms with Crippen LogP contribution in [-0.2, 0) is 9.59 Å². The number of nitrogens with one attached hydrogen (secondary N) is 3. The maximum absolute atomic E-state index is 13.5. The first-order valence-electron chi connectivity index (χ1n) is 8.70. The first-order valence-corrected chi connectivity index (χ1v) is 8.70. The summed E-state index contributed by atoms with van der Waals surface area (Å²) in [5, 5.41) is 7.80. The molecule has 6 nitrogen and oxygen atoms in total. The van der Waals surface area contributed by atoms with Gasteiger partial charge in [-0.05, 0) is 36.4 Å². The molecule has 0 aromatic heterocycles. The number of benzene rings is 2. The van der Waals surface area contributed by atoms with E-state index in [9.17, 15) is 23.2 Å². The molecule has 2 rings (SSSR count). The fourth-order valence-corrected chi connectivity index (χ4v) is 2.21. The molecule has 0 heterocycles. The maximum Gasteiger partial charge on any atom is 0.254 e. The van der Waals surface area contributed by atoms with Gasteiger partial charge in [-0.25, -0.2) is 8.78 Å². The summed E-state index contributed by atoms with van der Waals surface area (Å²) in [7, 11) is 0. The molecule has 8 heteroatoms. The smallest absolute Gasteiger partial charge is 0.254 e. The van der Waals surface area contributed by atoms with E-state index in [1.54, 1.807) is 38.1 Å². The second-order valence-corrected chi connectivity index (χ2v) is 6.40. The summed E-state index contributed by atoms with van der Waals surface area (Å²) in [4.78, 5) is 35.4. The van der Waals surface area contributed by atoms with Crippen molar-refractivity contribution in [2.75, 3.05) is 17.2 Å². The first kappa shape index (κ1) is 21.0. The van der Waals surface area contributed by atoms with Crippen LogP contribution in [0.3, 0.4) is 0 Å². The second kappa shape index (κ2) is 9.59. The zero-order valence-electron chi connectivity index (χ0n) is 15.5. The van der Waals surface area contributed by atoms with Gasteiger partial charge in [0.2, 0.25) is 11.8 Å². The lowest BCUT2D eigenvalue weighted by molar-refractivity contribution is -0.119. The highest BCUT2D eigenvalue weighted by Gasteiger charge is 2.13. The quantitative estimate of drug-likeness (QED) is 0.679. The van der Waals surface area contributed by atoms with Gasteiger partial charge in [0.05, 0.1) is 5.56 Å². The van der Waals surface area contributed by atoms with E-state index in [0.29, 0.717) is 17.4 Å². The van der Waals surface area contributed by atoms with Crippen LogP contribution in [0.2, 0.25) is 0 Å². The molecule has 0 spiro atoms. The summed E-state index contributed by atoms with van der Waals surface area (Å²) in [5.74, 6) is -3.06. The van der Waals surface area contributed by atoms with Crippen molar-refractivity contribution in [3.8, 4) is 0 Å². The van der Waals surface area contributed by atoms with Crippen LogP contribution in [0.5, 0.6) is 0 Å². The minimum Gasteiger partial charge on any atom is -0.351 e. The topological polar surface area (TPSA) is 87.3 Å². The van der Waals surface area contributed by atoms with Crippen LogP contribution in [0.1, 0.15) is 30.6 Å². The summed E-state index contributed by atoms with van der Waals surface area (Å²) >= 11 is 0. The predicted octanol–water partition coefficient (Wildman–Crippen LogP) is 3.32. The van der Waals surface area contributed by atoms with Crippen molar-refractivity contribution in [3.63, 3.8) is 0 Å². The molecule has 0 fully saturated rings. The number of carbonyl (C=O) groups is 3. The molecule has 0 aliphatic rings. The SMILES string of the molecule is CC(C)C(=O)Nc1ccc(NC(=O)CCNC(=O)c2ccc(F)cc2F)cc1. The van der Waals surface area contributed by atoms with E-state index in [2.05, 4.69) is 16.0 Å². The van der Waals surface area contributed by atoms with E-state index in [1.165, 1.54) is 0 Å². The summed E-state index contributed by atoms with van der Waals surface area (Å²) < 4.78 is 26.4. The molecule has 3 N–H and O–H groups in total. The van der Waals surface area contributed by atoms with E-state index in [0.717, 1.165) is 12.1 Å². The van der Waals surface area contributed by atoms with Crippen molar-refractivity contribution in [1.82, 2.24) is 5.32 Å². The third-order valence-corrected chi connectivity index (χ3v) is 3.77. The van der Waals surface area contributed by atoms with Crippen molar-refractivity contribution in [2.45, 2.75) is 20.3 Å². The Labute approximate surface area is 161 Å². The molecule has 0 saturated carbocycles. The molecule has 0 saturated heterocycles. The lowest BCUT2D eigenvalue weighted by Crippen LogP contribution is -2.28. The first-order chi connectivity index (χ1) is 13.3. The number of carbonyl (C=O) groups excluding carboxylic acids is 3. The van der Waals surface area contributed by atoms with Crippen LogP contribution in [-0.4, -0.2) is 24.3 Å². The minimum atomic E-state index is -0.966. The van der Waals surface area contributed by atoms with Crippen molar-refractivity contribution < 1.29 is 23.2 Å². The van der Waals surface area contributed by atoms with Gasteiger partial charge in [0.25, 0.3) is 5.91 Å². The molecule has 3 amide bonds. The third kappa shape index (κ3) is 6.15. The highest BCUT2D eigenvalue weighted by molar-refractivity contribution is 5.96. The Hall–Kier alpha value is -3.29. The standard InChI is InChI=1S/C20H21F2N3O3/c1-12(2)19(27)25-15-6-4-14(5-7-15)24-18(26)9-10-23-20(28)16-8-3-13(21)11-17(16)22/h3-8,11-12H,9-10H2,1-2H3,(H,23,28)(H,24,26)(H,25,27). The number of rotatable bonds is 7. The van der Waals surface area contributed by atoms with Crippen molar-refractivity contribution in [3.05, 3.63) is 59.7 Å². The largest absolute Gasteiger partial charge is 0.351 e. The number of hydrogen-bond donors (Lipinski definition) is 3. The van der Waals surface area contributed by atoms with Gasteiger partial charge in [0.1, 0.15) is 11.6 Å². The van der Waals surface area contributed by atoms with Crippen molar-refractivity contribution in [2.24, 2.45) is 5.92 Å². The van der Waals surface area contributed by atoms with Gasteiger partial charge in [-0.3, -0.25) is 14.4 Å². The third-order valence-electron chi connectivity index (χ3n) is 3.77. The zero-order chi connectivity index (χ0) is 20.7. The van der Waals surface area contributed by atoms with Gasteiger partial charge in [-0.15, -0.1) is 0 Å². The number of amides is 3. The van der Waals surface area contributed by atoms with Crippen LogP contribution in [0.25, 0.3) is 0 Å². The zero-order valence-corrected chi connectivity index (χ0v) is 15.5. The Morgan fingerprint density at radius 3 is 2.11 bits per heavy atom. The summed E-state index contributed by atoms with van der Waals surface area (Å²) in [6, 6.07) is 9.25.